The van der Waals surface area contributed by atoms with Gasteiger partial charge in [-0.05, 0) is 5.56 Å². The van der Waals surface area contributed by atoms with Crippen LogP contribution in [0.1, 0.15) is 11.3 Å². The fraction of sp³-hybridized carbons (Fsp3) is 0.286. The molecule has 0 unspecified atom stereocenters. The first kappa shape index (κ1) is 13.5. The number of carbonyl (C=O) groups excluding carboxylic acids is 1. The van der Waals surface area contributed by atoms with Crippen molar-refractivity contribution < 1.29 is 9.53 Å². The van der Waals surface area contributed by atoms with E-state index in [0.29, 0.717) is 19.8 Å². The van der Waals surface area contributed by atoms with Gasteiger partial charge in [-0.2, -0.15) is 0 Å². The molecule has 0 fully saturated rings. The minimum Gasteiger partial charge on any atom is -0.362 e. The Labute approximate surface area is 112 Å². The SMILES string of the molecule is O=C[C@H](Cc1cnc[nH]1)NCOCc1ccccc1. The molecule has 2 N–H and O–H groups in total. The average Bonchev–Trinajstić information content (AvgIpc) is 2.96. The number of hydrogen-bond acceptors (Lipinski definition) is 4. The van der Waals surface area contributed by atoms with Crippen molar-refractivity contribution in [3.63, 3.8) is 0 Å². The van der Waals surface area contributed by atoms with Crippen LogP contribution in [-0.4, -0.2) is 29.0 Å². The van der Waals surface area contributed by atoms with Gasteiger partial charge in [0, 0.05) is 18.3 Å². The second-order valence-electron chi connectivity index (χ2n) is 4.21. The minimum absolute atomic E-state index is 0.267. The zero-order valence-corrected chi connectivity index (χ0v) is 10.6. The predicted octanol–water partition coefficient (Wildman–Crippen LogP) is 1.28. The molecule has 1 aromatic heterocycles. The lowest BCUT2D eigenvalue weighted by Crippen LogP contribution is -2.34. The van der Waals surface area contributed by atoms with E-state index < -0.39 is 0 Å². The van der Waals surface area contributed by atoms with Crippen LogP contribution in [0.4, 0.5) is 0 Å². The normalized spacial score (nSPS) is 12.2. The Kier molecular flexibility index (Phi) is 5.28. The Balaban J connectivity index is 1.67. The van der Waals surface area contributed by atoms with Gasteiger partial charge in [0.05, 0.1) is 25.7 Å². The highest BCUT2D eigenvalue weighted by Gasteiger charge is 2.08. The summed E-state index contributed by atoms with van der Waals surface area (Å²) in [6.07, 6.45) is 4.77. The van der Waals surface area contributed by atoms with Crippen LogP contribution in [-0.2, 0) is 22.6 Å². The van der Waals surface area contributed by atoms with E-state index in [0.717, 1.165) is 17.5 Å². The zero-order valence-electron chi connectivity index (χ0n) is 10.6. The molecule has 0 saturated carbocycles. The number of aromatic nitrogens is 2. The van der Waals surface area contributed by atoms with Gasteiger partial charge in [-0.25, -0.2) is 4.98 Å². The Hall–Kier alpha value is -1.98. The minimum atomic E-state index is -0.267. The van der Waals surface area contributed by atoms with E-state index in [2.05, 4.69) is 15.3 Å². The van der Waals surface area contributed by atoms with Crippen LogP contribution >= 0.6 is 0 Å². The molecule has 5 heteroatoms. The van der Waals surface area contributed by atoms with E-state index in [1.807, 2.05) is 30.3 Å². The highest BCUT2D eigenvalue weighted by molar-refractivity contribution is 5.58. The van der Waals surface area contributed by atoms with Gasteiger partial charge < -0.3 is 14.5 Å². The van der Waals surface area contributed by atoms with E-state index in [-0.39, 0.29) is 6.04 Å². The highest BCUT2D eigenvalue weighted by Crippen LogP contribution is 2.00. The summed E-state index contributed by atoms with van der Waals surface area (Å²) in [5, 5.41) is 3.04. The Bertz CT molecular complexity index is 471. The first-order valence-corrected chi connectivity index (χ1v) is 6.16. The maximum absolute atomic E-state index is 10.9. The molecule has 0 radical (unpaired) electrons. The Morgan fingerprint density at radius 2 is 2.21 bits per heavy atom. The molecule has 1 atom stereocenters. The van der Waals surface area contributed by atoms with E-state index in [9.17, 15) is 4.79 Å². The summed E-state index contributed by atoms with van der Waals surface area (Å²) in [4.78, 5) is 17.8. The number of nitrogens with zero attached hydrogens (tertiary/aromatic N) is 1. The number of hydrogen-bond donors (Lipinski definition) is 2. The number of aromatic amines is 1. The van der Waals surface area contributed by atoms with E-state index in [1.165, 1.54) is 0 Å². The van der Waals surface area contributed by atoms with E-state index >= 15 is 0 Å². The lowest BCUT2D eigenvalue weighted by atomic mass is 10.2. The standard InChI is InChI=1S/C14H17N3O2/c18-8-14(6-13-7-15-10-16-13)17-11-19-9-12-4-2-1-3-5-12/h1-5,7-8,10,14,17H,6,9,11H2,(H,15,16)/t14-/m0/s1. The quantitative estimate of drug-likeness (QED) is 0.426. The zero-order chi connectivity index (χ0) is 13.3. The first-order valence-electron chi connectivity index (χ1n) is 6.16. The van der Waals surface area contributed by atoms with Gasteiger partial charge in [-0.15, -0.1) is 0 Å². The third-order valence-corrected chi connectivity index (χ3v) is 2.72. The molecule has 0 saturated heterocycles. The van der Waals surface area contributed by atoms with E-state index in [1.54, 1.807) is 12.5 Å². The van der Waals surface area contributed by atoms with Gasteiger partial charge in [-0.1, -0.05) is 30.3 Å². The summed E-state index contributed by atoms with van der Waals surface area (Å²) in [6.45, 7) is 0.871. The molecule has 0 aliphatic rings. The summed E-state index contributed by atoms with van der Waals surface area (Å²) in [6, 6.07) is 9.64. The maximum Gasteiger partial charge on any atom is 0.137 e. The van der Waals surface area contributed by atoms with Crippen LogP contribution in [0.15, 0.2) is 42.9 Å². The van der Waals surface area contributed by atoms with Gasteiger partial charge in [0.1, 0.15) is 6.29 Å². The summed E-state index contributed by atoms with van der Waals surface area (Å²) < 4.78 is 5.48. The molecule has 2 aromatic rings. The molecule has 19 heavy (non-hydrogen) atoms. The molecule has 1 heterocycles. The second kappa shape index (κ2) is 7.45. The third kappa shape index (κ3) is 4.65. The number of aldehydes is 1. The number of H-pyrrole nitrogens is 1. The summed E-state index contributed by atoms with van der Waals surface area (Å²) in [5.74, 6) is 0. The van der Waals surface area contributed by atoms with Crippen molar-refractivity contribution in [3.8, 4) is 0 Å². The van der Waals surface area contributed by atoms with Gasteiger partial charge in [0.15, 0.2) is 0 Å². The number of imidazole rings is 1. The summed E-state index contributed by atoms with van der Waals surface area (Å²) in [5.41, 5.74) is 2.04. The molecular weight excluding hydrogens is 242 g/mol. The third-order valence-electron chi connectivity index (χ3n) is 2.72. The molecule has 0 spiro atoms. The van der Waals surface area contributed by atoms with Gasteiger partial charge in [0.25, 0.3) is 0 Å². The molecule has 0 aliphatic carbocycles. The molecular formula is C14H17N3O2. The number of rotatable bonds is 8. The fourth-order valence-corrected chi connectivity index (χ4v) is 1.71. The number of benzene rings is 1. The first-order chi connectivity index (χ1) is 9.38. The lowest BCUT2D eigenvalue weighted by molar-refractivity contribution is -0.110. The monoisotopic (exact) mass is 259 g/mol. The Morgan fingerprint density at radius 1 is 1.37 bits per heavy atom. The molecule has 0 aliphatic heterocycles. The van der Waals surface area contributed by atoms with Crippen molar-refractivity contribution in [2.45, 2.75) is 19.1 Å². The molecule has 1 aromatic carbocycles. The average molecular weight is 259 g/mol. The number of carbonyl (C=O) groups is 1. The van der Waals surface area contributed by atoms with Crippen molar-refractivity contribution in [2.75, 3.05) is 6.73 Å². The lowest BCUT2D eigenvalue weighted by Gasteiger charge is -2.12. The fourth-order valence-electron chi connectivity index (χ4n) is 1.71. The van der Waals surface area contributed by atoms with Crippen LogP contribution in [0.5, 0.6) is 0 Å². The second-order valence-corrected chi connectivity index (χ2v) is 4.21. The molecule has 5 nitrogen and oxygen atoms in total. The summed E-state index contributed by atoms with van der Waals surface area (Å²) in [7, 11) is 0. The van der Waals surface area contributed by atoms with Crippen molar-refractivity contribution in [1.29, 1.82) is 0 Å². The van der Waals surface area contributed by atoms with Gasteiger partial charge in [0.2, 0.25) is 0 Å². The maximum atomic E-state index is 10.9. The van der Waals surface area contributed by atoms with E-state index in [4.69, 9.17) is 4.74 Å². The number of nitrogens with one attached hydrogen (secondary N) is 2. The Morgan fingerprint density at radius 3 is 2.89 bits per heavy atom. The largest absolute Gasteiger partial charge is 0.362 e. The topological polar surface area (TPSA) is 67.0 Å². The molecule has 2 rings (SSSR count). The van der Waals surface area contributed by atoms with Gasteiger partial charge >= 0.3 is 0 Å². The van der Waals surface area contributed by atoms with Crippen molar-refractivity contribution >= 4 is 6.29 Å². The smallest absolute Gasteiger partial charge is 0.137 e. The van der Waals surface area contributed by atoms with Crippen molar-refractivity contribution in [1.82, 2.24) is 15.3 Å². The van der Waals surface area contributed by atoms with Crippen LogP contribution in [0.2, 0.25) is 0 Å². The molecule has 100 valence electrons. The number of ether oxygens (including phenoxy) is 1. The van der Waals surface area contributed by atoms with Gasteiger partial charge in [-0.3, -0.25) is 5.32 Å². The van der Waals surface area contributed by atoms with Crippen LogP contribution < -0.4 is 5.32 Å². The van der Waals surface area contributed by atoms with Crippen LogP contribution in [0, 0.1) is 0 Å². The highest BCUT2D eigenvalue weighted by atomic mass is 16.5. The van der Waals surface area contributed by atoms with Crippen molar-refractivity contribution in [3.05, 3.63) is 54.1 Å². The van der Waals surface area contributed by atoms with Crippen LogP contribution in [0.25, 0.3) is 0 Å². The predicted molar refractivity (Wildman–Crippen MR) is 71.4 cm³/mol. The van der Waals surface area contributed by atoms with Crippen LogP contribution in [0.3, 0.4) is 0 Å². The molecule has 0 bridgehead atoms. The molecule has 0 amide bonds. The van der Waals surface area contributed by atoms with Crippen molar-refractivity contribution in [2.24, 2.45) is 0 Å². The summed E-state index contributed by atoms with van der Waals surface area (Å²) >= 11 is 0.